The highest BCUT2D eigenvalue weighted by atomic mass is 32.2. The van der Waals surface area contributed by atoms with Crippen molar-refractivity contribution in [1.82, 2.24) is 14.3 Å². The summed E-state index contributed by atoms with van der Waals surface area (Å²) in [5.74, 6) is -0.373. The van der Waals surface area contributed by atoms with E-state index in [4.69, 9.17) is 4.74 Å². The molecule has 1 amide bonds. The number of nitrogens with one attached hydrogen (secondary N) is 1. The number of amides is 1. The molecule has 2 aromatic heterocycles. The van der Waals surface area contributed by atoms with Crippen molar-refractivity contribution in [2.75, 3.05) is 49.3 Å². The van der Waals surface area contributed by atoms with E-state index in [0.717, 1.165) is 16.8 Å². The first kappa shape index (κ1) is 24.9. The minimum atomic E-state index is -3.19. The zero-order valence-electron chi connectivity index (χ0n) is 19.1. The van der Waals surface area contributed by atoms with E-state index in [1.54, 1.807) is 18.3 Å². The van der Waals surface area contributed by atoms with E-state index in [9.17, 15) is 18.0 Å². The van der Waals surface area contributed by atoms with Crippen molar-refractivity contribution in [3.63, 3.8) is 0 Å². The molecule has 0 saturated carbocycles. The van der Waals surface area contributed by atoms with Crippen LogP contribution in [0.15, 0.2) is 48.0 Å². The molecule has 12 heteroatoms. The molecule has 1 aliphatic rings. The van der Waals surface area contributed by atoms with E-state index in [0.29, 0.717) is 43.3 Å². The number of thiazole rings is 1. The molecule has 1 saturated heterocycles. The van der Waals surface area contributed by atoms with Crippen LogP contribution in [0.5, 0.6) is 0 Å². The van der Waals surface area contributed by atoms with Gasteiger partial charge in [-0.3, -0.25) is 10.1 Å². The lowest BCUT2D eigenvalue weighted by Gasteiger charge is -2.34. The molecule has 0 atom stereocenters. The smallest absolute Gasteiger partial charge is 0.276 e. The van der Waals surface area contributed by atoms with E-state index in [2.05, 4.69) is 15.3 Å². The maximum Gasteiger partial charge on any atom is 0.276 e. The number of sulfonamides is 1. The first-order chi connectivity index (χ1) is 16.8. The predicted octanol–water partition coefficient (Wildman–Crippen LogP) is 2.25. The molecule has 1 aliphatic heterocycles. The van der Waals surface area contributed by atoms with Crippen LogP contribution in [-0.4, -0.2) is 73.9 Å². The number of ether oxygens (including phenoxy) is 1. The molecule has 0 aliphatic carbocycles. The standard InChI is InChI=1S/C23H25N5O5S2/c1-35(31,32)28-10-8-27(9-11-28)18-6-7-20(24-14-18)22(30)26-23-25-21(16-34-23)19-5-3-2-4-17(19)15-33-13-12-29/h2-7,12,14,16H,8-11,13,15H2,1H3,(H,25,26,30). The molecule has 3 aromatic rings. The van der Waals surface area contributed by atoms with E-state index < -0.39 is 10.0 Å². The molecule has 0 bridgehead atoms. The zero-order chi connectivity index (χ0) is 24.8. The van der Waals surface area contributed by atoms with Crippen molar-refractivity contribution in [1.29, 1.82) is 0 Å². The van der Waals surface area contributed by atoms with Gasteiger partial charge in [-0.1, -0.05) is 24.3 Å². The molecule has 10 nitrogen and oxygen atoms in total. The van der Waals surface area contributed by atoms with Gasteiger partial charge in [0.25, 0.3) is 5.91 Å². The Kier molecular flexibility index (Phi) is 7.86. The maximum absolute atomic E-state index is 12.7. The van der Waals surface area contributed by atoms with Crippen molar-refractivity contribution in [2.45, 2.75) is 6.61 Å². The van der Waals surface area contributed by atoms with Crippen molar-refractivity contribution in [3.8, 4) is 11.3 Å². The highest BCUT2D eigenvalue weighted by Gasteiger charge is 2.24. The number of hydrogen-bond donors (Lipinski definition) is 1. The lowest BCUT2D eigenvalue weighted by atomic mass is 10.1. The number of hydrogen-bond acceptors (Lipinski definition) is 9. The summed E-state index contributed by atoms with van der Waals surface area (Å²) >= 11 is 1.30. The fourth-order valence-corrected chi connectivity index (χ4v) is 5.25. The summed E-state index contributed by atoms with van der Waals surface area (Å²) in [5, 5.41) is 5.07. The third-order valence-corrected chi connectivity index (χ3v) is 7.58. The molecule has 0 spiro atoms. The molecular weight excluding hydrogens is 490 g/mol. The highest BCUT2D eigenvalue weighted by molar-refractivity contribution is 7.88. The fraction of sp³-hybridized carbons (Fsp3) is 0.304. The number of piperazine rings is 1. The van der Waals surface area contributed by atoms with Crippen molar-refractivity contribution in [3.05, 3.63) is 59.2 Å². The Bertz CT molecular complexity index is 1290. The van der Waals surface area contributed by atoms with Crippen molar-refractivity contribution >= 4 is 44.4 Å². The number of rotatable bonds is 9. The van der Waals surface area contributed by atoms with Crippen molar-refractivity contribution in [2.24, 2.45) is 0 Å². The Morgan fingerprint density at radius 1 is 1.17 bits per heavy atom. The number of nitrogens with zero attached hydrogens (tertiary/aromatic N) is 4. The molecule has 3 heterocycles. The van der Waals surface area contributed by atoms with Gasteiger partial charge in [0.2, 0.25) is 10.0 Å². The molecular formula is C23H25N5O5S2. The molecule has 1 N–H and O–H groups in total. The number of aromatic nitrogens is 2. The summed E-state index contributed by atoms with van der Waals surface area (Å²) in [6.45, 7) is 2.26. The number of benzene rings is 1. The second kappa shape index (κ2) is 11.0. The molecule has 0 radical (unpaired) electrons. The molecule has 1 fully saturated rings. The number of carbonyl (C=O) groups excluding carboxylic acids is 2. The van der Waals surface area contributed by atoms with E-state index in [1.165, 1.54) is 21.9 Å². The highest BCUT2D eigenvalue weighted by Crippen LogP contribution is 2.28. The van der Waals surface area contributed by atoms with Gasteiger partial charge in [-0.2, -0.15) is 4.31 Å². The van der Waals surface area contributed by atoms with Crippen LogP contribution in [0.1, 0.15) is 16.1 Å². The van der Waals surface area contributed by atoms with E-state index in [-0.39, 0.29) is 24.8 Å². The zero-order valence-corrected chi connectivity index (χ0v) is 20.7. The van der Waals surface area contributed by atoms with Crippen LogP contribution in [0, 0.1) is 0 Å². The van der Waals surface area contributed by atoms with Gasteiger partial charge in [-0.05, 0) is 17.7 Å². The normalized spacial score (nSPS) is 14.6. The van der Waals surface area contributed by atoms with Gasteiger partial charge in [-0.15, -0.1) is 11.3 Å². The Labute approximate surface area is 207 Å². The van der Waals surface area contributed by atoms with Crippen LogP contribution < -0.4 is 10.2 Å². The molecule has 35 heavy (non-hydrogen) atoms. The Morgan fingerprint density at radius 2 is 1.94 bits per heavy atom. The topological polar surface area (TPSA) is 122 Å². The number of pyridine rings is 1. The minimum absolute atomic E-state index is 0.0232. The Morgan fingerprint density at radius 3 is 2.63 bits per heavy atom. The molecule has 4 rings (SSSR count). The van der Waals surface area contributed by atoms with Crippen LogP contribution in [0.25, 0.3) is 11.3 Å². The van der Waals surface area contributed by atoms with Gasteiger partial charge in [0.15, 0.2) is 5.13 Å². The summed E-state index contributed by atoms with van der Waals surface area (Å²) in [6.07, 6.45) is 3.54. The third kappa shape index (κ3) is 6.28. The Hall–Kier alpha value is -3.19. The second-order valence-electron chi connectivity index (χ2n) is 7.88. The lowest BCUT2D eigenvalue weighted by Crippen LogP contribution is -2.48. The quantitative estimate of drug-likeness (QED) is 0.340. The fourth-order valence-electron chi connectivity index (χ4n) is 3.71. The van der Waals surface area contributed by atoms with Gasteiger partial charge >= 0.3 is 0 Å². The van der Waals surface area contributed by atoms with Gasteiger partial charge in [-0.25, -0.2) is 18.4 Å². The van der Waals surface area contributed by atoms with Gasteiger partial charge < -0.3 is 14.4 Å². The monoisotopic (exact) mass is 515 g/mol. The summed E-state index contributed by atoms with van der Waals surface area (Å²) in [6, 6.07) is 11.0. The molecule has 184 valence electrons. The van der Waals surface area contributed by atoms with Gasteiger partial charge in [0.1, 0.15) is 18.6 Å². The maximum atomic E-state index is 12.7. The van der Waals surface area contributed by atoms with Crippen LogP contribution in [0.3, 0.4) is 0 Å². The number of aldehydes is 1. The van der Waals surface area contributed by atoms with Gasteiger partial charge in [0, 0.05) is 37.1 Å². The minimum Gasteiger partial charge on any atom is -0.369 e. The summed E-state index contributed by atoms with van der Waals surface area (Å²) in [4.78, 5) is 34.1. The number of carbonyl (C=O) groups is 2. The average molecular weight is 516 g/mol. The number of anilines is 2. The first-order valence-electron chi connectivity index (χ1n) is 10.9. The predicted molar refractivity (Wildman–Crippen MR) is 134 cm³/mol. The third-order valence-electron chi connectivity index (χ3n) is 5.51. The van der Waals surface area contributed by atoms with E-state index in [1.807, 2.05) is 34.5 Å². The molecule has 0 unspecified atom stereocenters. The van der Waals surface area contributed by atoms with Gasteiger partial charge in [0.05, 0.1) is 30.4 Å². The van der Waals surface area contributed by atoms with Crippen LogP contribution >= 0.6 is 11.3 Å². The largest absolute Gasteiger partial charge is 0.369 e. The van der Waals surface area contributed by atoms with Crippen LogP contribution in [0.2, 0.25) is 0 Å². The summed E-state index contributed by atoms with van der Waals surface area (Å²) < 4.78 is 30.1. The average Bonchev–Trinajstić information content (AvgIpc) is 3.32. The lowest BCUT2D eigenvalue weighted by molar-refractivity contribution is -0.112. The summed E-state index contributed by atoms with van der Waals surface area (Å²) in [7, 11) is -3.19. The SMILES string of the molecule is CS(=O)(=O)N1CCN(c2ccc(C(=O)Nc3nc(-c4ccccc4COCC=O)cs3)nc2)CC1. The first-order valence-corrected chi connectivity index (χ1v) is 13.6. The molecule has 1 aromatic carbocycles. The van der Waals surface area contributed by atoms with Crippen LogP contribution in [-0.2, 0) is 26.2 Å². The summed E-state index contributed by atoms with van der Waals surface area (Å²) in [5.41, 5.74) is 3.55. The van der Waals surface area contributed by atoms with Crippen molar-refractivity contribution < 1.29 is 22.7 Å². The Balaban J connectivity index is 1.38. The van der Waals surface area contributed by atoms with E-state index >= 15 is 0 Å². The second-order valence-corrected chi connectivity index (χ2v) is 10.7. The van der Waals surface area contributed by atoms with Crippen LogP contribution in [0.4, 0.5) is 10.8 Å².